The van der Waals surface area contributed by atoms with Crippen LogP contribution in [0.5, 0.6) is 0 Å². The number of carbonyl (C=O) groups is 1. The molecule has 0 aromatic rings. The second-order valence-electron chi connectivity index (χ2n) is 5.42. The highest BCUT2D eigenvalue weighted by Gasteiger charge is 2.25. The van der Waals surface area contributed by atoms with Gasteiger partial charge in [0.05, 0.1) is 6.04 Å². The molecule has 0 spiro atoms. The van der Waals surface area contributed by atoms with E-state index in [2.05, 4.69) is 24.5 Å². The third-order valence-corrected chi connectivity index (χ3v) is 3.81. The molecule has 19 heavy (non-hydrogen) atoms. The average Bonchev–Trinajstić information content (AvgIpc) is 2.46. The normalized spacial score (nSPS) is 23.3. The van der Waals surface area contributed by atoms with Crippen molar-refractivity contribution in [3.8, 4) is 0 Å². The maximum Gasteiger partial charge on any atom is 0.237 e. The summed E-state index contributed by atoms with van der Waals surface area (Å²) in [5.41, 5.74) is 0. The van der Waals surface area contributed by atoms with Crippen LogP contribution in [0, 0.1) is 5.92 Å². The Bertz CT molecular complexity index is 246. The summed E-state index contributed by atoms with van der Waals surface area (Å²) in [5, 5.41) is 6.32. The summed E-state index contributed by atoms with van der Waals surface area (Å²) in [7, 11) is 0. The first-order valence-corrected chi connectivity index (χ1v) is 7.86. The zero-order valence-electron chi connectivity index (χ0n) is 12.5. The highest BCUT2D eigenvalue weighted by atomic mass is 16.5. The van der Waals surface area contributed by atoms with E-state index in [1.54, 1.807) is 0 Å². The molecule has 0 saturated carbocycles. The van der Waals surface area contributed by atoms with Gasteiger partial charge in [-0.15, -0.1) is 0 Å². The molecule has 1 aliphatic rings. The zero-order valence-corrected chi connectivity index (χ0v) is 12.5. The van der Waals surface area contributed by atoms with Crippen molar-refractivity contribution in [2.24, 2.45) is 5.92 Å². The van der Waals surface area contributed by atoms with Gasteiger partial charge in [0.2, 0.25) is 5.91 Å². The van der Waals surface area contributed by atoms with Gasteiger partial charge >= 0.3 is 0 Å². The van der Waals surface area contributed by atoms with Crippen molar-refractivity contribution in [3.05, 3.63) is 0 Å². The lowest BCUT2D eigenvalue weighted by Crippen LogP contribution is -2.48. The molecule has 1 heterocycles. The highest BCUT2D eigenvalue weighted by molar-refractivity contribution is 5.81. The van der Waals surface area contributed by atoms with Crippen LogP contribution in [0.4, 0.5) is 0 Å². The summed E-state index contributed by atoms with van der Waals surface area (Å²) in [4.78, 5) is 12.0. The molecule has 0 aliphatic carbocycles. The number of unbranched alkanes of at least 4 members (excludes halogenated alkanes) is 1. The van der Waals surface area contributed by atoms with Gasteiger partial charge < -0.3 is 15.4 Å². The van der Waals surface area contributed by atoms with Crippen LogP contribution >= 0.6 is 0 Å². The van der Waals surface area contributed by atoms with Crippen LogP contribution in [0.15, 0.2) is 0 Å². The van der Waals surface area contributed by atoms with Gasteiger partial charge in [0.15, 0.2) is 0 Å². The number of hydrogen-bond donors (Lipinski definition) is 2. The Hall–Kier alpha value is -0.610. The molecule has 0 bridgehead atoms. The molecule has 1 saturated heterocycles. The summed E-state index contributed by atoms with van der Waals surface area (Å²) in [6.45, 7) is 7.64. The van der Waals surface area contributed by atoms with Crippen LogP contribution in [-0.2, 0) is 9.53 Å². The van der Waals surface area contributed by atoms with Crippen LogP contribution in [0.25, 0.3) is 0 Å². The molecule has 0 aromatic heterocycles. The van der Waals surface area contributed by atoms with E-state index < -0.39 is 0 Å². The van der Waals surface area contributed by atoms with Crippen molar-refractivity contribution >= 4 is 5.91 Å². The summed E-state index contributed by atoms with van der Waals surface area (Å²) in [5.74, 6) is 0.862. The van der Waals surface area contributed by atoms with Crippen LogP contribution in [0.3, 0.4) is 0 Å². The van der Waals surface area contributed by atoms with Crippen LogP contribution in [0.2, 0.25) is 0 Å². The first kappa shape index (κ1) is 16.4. The minimum Gasteiger partial charge on any atom is -0.381 e. The van der Waals surface area contributed by atoms with Gasteiger partial charge in [-0.05, 0) is 38.1 Å². The Kier molecular flexibility index (Phi) is 8.84. The number of ether oxygens (including phenoxy) is 1. The SMILES string of the molecule is CCCCOCCCNC(=O)C1CC(CC)CCN1. The Balaban J connectivity index is 2.04. The maximum absolute atomic E-state index is 12.0. The van der Waals surface area contributed by atoms with E-state index in [0.717, 1.165) is 45.6 Å². The zero-order chi connectivity index (χ0) is 13.9. The largest absolute Gasteiger partial charge is 0.381 e. The smallest absolute Gasteiger partial charge is 0.237 e. The van der Waals surface area contributed by atoms with Gasteiger partial charge in [-0.2, -0.15) is 0 Å². The van der Waals surface area contributed by atoms with E-state index in [0.29, 0.717) is 5.92 Å². The molecule has 2 atom stereocenters. The molecule has 0 radical (unpaired) electrons. The number of nitrogens with one attached hydrogen (secondary N) is 2. The number of carbonyl (C=O) groups excluding carboxylic acids is 1. The fourth-order valence-electron chi connectivity index (χ4n) is 2.42. The van der Waals surface area contributed by atoms with Gasteiger partial charge in [0.1, 0.15) is 0 Å². The number of rotatable bonds is 9. The van der Waals surface area contributed by atoms with E-state index in [1.165, 1.54) is 19.3 Å². The monoisotopic (exact) mass is 270 g/mol. The molecule has 2 N–H and O–H groups in total. The molecule has 4 nitrogen and oxygen atoms in total. The lowest BCUT2D eigenvalue weighted by atomic mass is 9.90. The topological polar surface area (TPSA) is 50.4 Å². The van der Waals surface area contributed by atoms with Crippen LogP contribution in [-0.4, -0.2) is 38.3 Å². The third-order valence-electron chi connectivity index (χ3n) is 3.81. The molecule has 4 heteroatoms. The Morgan fingerprint density at radius 3 is 2.84 bits per heavy atom. The van der Waals surface area contributed by atoms with Crippen molar-refractivity contribution in [2.75, 3.05) is 26.3 Å². The lowest BCUT2D eigenvalue weighted by molar-refractivity contribution is -0.124. The first-order valence-electron chi connectivity index (χ1n) is 7.86. The predicted octanol–water partition coefficient (Wildman–Crippen LogP) is 2.09. The Morgan fingerprint density at radius 2 is 2.11 bits per heavy atom. The standard InChI is InChI=1S/C15H30N2O2/c1-3-5-10-19-11-6-8-17-15(18)14-12-13(4-2)7-9-16-14/h13-14,16H,3-12H2,1-2H3,(H,17,18). The minimum absolute atomic E-state index is 0.0136. The fourth-order valence-corrected chi connectivity index (χ4v) is 2.42. The predicted molar refractivity (Wildman–Crippen MR) is 78.2 cm³/mol. The molecular formula is C15H30N2O2. The second kappa shape index (κ2) is 10.2. The quantitative estimate of drug-likeness (QED) is 0.631. The number of amides is 1. The van der Waals surface area contributed by atoms with Crippen LogP contribution in [0.1, 0.15) is 52.4 Å². The van der Waals surface area contributed by atoms with Crippen molar-refractivity contribution in [1.29, 1.82) is 0 Å². The number of piperidine rings is 1. The molecule has 1 rings (SSSR count). The van der Waals surface area contributed by atoms with Crippen molar-refractivity contribution < 1.29 is 9.53 Å². The van der Waals surface area contributed by atoms with Crippen molar-refractivity contribution in [1.82, 2.24) is 10.6 Å². The van der Waals surface area contributed by atoms with E-state index in [1.807, 2.05) is 0 Å². The van der Waals surface area contributed by atoms with Crippen molar-refractivity contribution in [2.45, 2.75) is 58.4 Å². The fraction of sp³-hybridized carbons (Fsp3) is 0.933. The second-order valence-corrected chi connectivity index (χ2v) is 5.42. The summed E-state index contributed by atoms with van der Waals surface area (Å²) in [6.07, 6.45) is 6.55. The van der Waals surface area contributed by atoms with E-state index in [-0.39, 0.29) is 11.9 Å². The lowest BCUT2D eigenvalue weighted by Gasteiger charge is -2.28. The van der Waals surface area contributed by atoms with Crippen molar-refractivity contribution in [3.63, 3.8) is 0 Å². The molecule has 0 aromatic carbocycles. The molecular weight excluding hydrogens is 240 g/mol. The van der Waals surface area contributed by atoms with E-state index in [9.17, 15) is 4.79 Å². The van der Waals surface area contributed by atoms with E-state index >= 15 is 0 Å². The van der Waals surface area contributed by atoms with E-state index in [4.69, 9.17) is 4.74 Å². The molecule has 1 fully saturated rings. The third kappa shape index (κ3) is 6.92. The summed E-state index contributed by atoms with van der Waals surface area (Å²) in [6, 6.07) is 0.0136. The maximum atomic E-state index is 12.0. The molecule has 1 aliphatic heterocycles. The van der Waals surface area contributed by atoms with Gasteiger partial charge in [-0.1, -0.05) is 26.7 Å². The van der Waals surface area contributed by atoms with Crippen LogP contribution < -0.4 is 10.6 Å². The number of hydrogen-bond acceptors (Lipinski definition) is 3. The van der Waals surface area contributed by atoms with Gasteiger partial charge in [-0.25, -0.2) is 0 Å². The highest BCUT2D eigenvalue weighted by Crippen LogP contribution is 2.19. The Labute approximate surface area is 117 Å². The first-order chi connectivity index (χ1) is 9.27. The summed E-state index contributed by atoms with van der Waals surface area (Å²) < 4.78 is 5.47. The molecule has 112 valence electrons. The van der Waals surface area contributed by atoms with Gasteiger partial charge in [0.25, 0.3) is 0 Å². The average molecular weight is 270 g/mol. The molecule has 2 unspecified atom stereocenters. The Morgan fingerprint density at radius 1 is 1.32 bits per heavy atom. The van der Waals surface area contributed by atoms with Gasteiger partial charge in [-0.3, -0.25) is 4.79 Å². The minimum atomic E-state index is 0.0136. The van der Waals surface area contributed by atoms with Gasteiger partial charge in [0, 0.05) is 19.8 Å². The summed E-state index contributed by atoms with van der Waals surface area (Å²) >= 11 is 0. The molecule has 1 amide bonds.